The molecule has 186 valence electrons. The number of nitrogens with one attached hydrogen (secondary N) is 1. The lowest BCUT2D eigenvalue weighted by Gasteiger charge is -2.34. The lowest BCUT2D eigenvalue weighted by Crippen LogP contribution is -2.41. The van der Waals surface area contributed by atoms with E-state index in [0.717, 1.165) is 46.6 Å². The van der Waals surface area contributed by atoms with Gasteiger partial charge in [0.15, 0.2) is 11.5 Å². The van der Waals surface area contributed by atoms with E-state index in [0.29, 0.717) is 30.8 Å². The first-order valence-corrected chi connectivity index (χ1v) is 10.6. The molecule has 2 aromatic rings. The van der Waals surface area contributed by atoms with Crippen molar-refractivity contribution in [3.63, 3.8) is 0 Å². The smallest absolute Gasteiger partial charge is 0.416 e. The summed E-state index contributed by atoms with van der Waals surface area (Å²) in [7, 11) is 0. The van der Waals surface area contributed by atoms with Gasteiger partial charge >= 0.3 is 6.18 Å². The molecular weight excluding hydrogens is 469 g/mol. The minimum absolute atomic E-state index is 0.0838. The Kier molecular flexibility index (Phi) is 6.74. The maximum absolute atomic E-state index is 12.9. The van der Waals surface area contributed by atoms with E-state index in [2.05, 4.69) is 5.32 Å². The lowest BCUT2D eigenvalue weighted by molar-refractivity contribution is -0.137. The molecule has 1 aliphatic carbocycles. The average Bonchev–Trinajstić information content (AvgIpc) is 3.29. The number of halogens is 3. The minimum Gasteiger partial charge on any atom is -0.468 e. The van der Waals surface area contributed by atoms with Gasteiger partial charge in [-0.25, -0.2) is 5.84 Å². The second kappa shape index (κ2) is 9.74. The number of amides is 1. The molecule has 0 aromatic heterocycles. The van der Waals surface area contributed by atoms with Crippen molar-refractivity contribution in [1.82, 2.24) is 5.32 Å². The van der Waals surface area contributed by atoms with Crippen LogP contribution < -0.4 is 31.4 Å². The fourth-order valence-corrected chi connectivity index (χ4v) is 4.14. The molecule has 0 spiro atoms. The molecule has 2 unspecified atom stereocenters. The summed E-state index contributed by atoms with van der Waals surface area (Å²) in [6, 6.07) is 7.17. The van der Waals surface area contributed by atoms with Crippen molar-refractivity contribution in [2.75, 3.05) is 18.4 Å². The molecule has 1 amide bonds. The van der Waals surface area contributed by atoms with Crippen LogP contribution in [0, 0.1) is 5.92 Å². The zero-order valence-corrected chi connectivity index (χ0v) is 18.4. The molecule has 2 aromatic carbocycles. The van der Waals surface area contributed by atoms with Gasteiger partial charge in [0.05, 0.1) is 23.9 Å². The van der Waals surface area contributed by atoms with Crippen LogP contribution >= 0.6 is 0 Å². The lowest BCUT2D eigenvalue weighted by atomic mass is 9.79. The number of nitrogens with zero attached hydrogens (tertiary/aromatic N) is 1. The molecule has 0 radical (unpaired) electrons. The summed E-state index contributed by atoms with van der Waals surface area (Å²) >= 11 is 0. The number of carbonyl (C=O) groups excluding carboxylic acids is 2. The van der Waals surface area contributed by atoms with E-state index < -0.39 is 23.7 Å². The zero-order valence-electron chi connectivity index (χ0n) is 18.4. The number of anilines is 1. The van der Waals surface area contributed by atoms with Crippen molar-refractivity contribution in [3.8, 4) is 11.5 Å². The molecule has 2 aliphatic rings. The summed E-state index contributed by atoms with van der Waals surface area (Å²) in [5, 5.41) is 3.81. The van der Waals surface area contributed by atoms with Crippen LogP contribution in [0.15, 0.2) is 48.3 Å². The molecule has 0 saturated heterocycles. The quantitative estimate of drug-likeness (QED) is 0.233. The molecule has 0 bridgehead atoms. The van der Waals surface area contributed by atoms with Gasteiger partial charge in [0.2, 0.25) is 6.79 Å². The van der Waals surface area contributed by atoms with E-state index in [1.54, 1.807) is 6.07 Å². The van der Waals surface area contributed by atoms with Gasteiger partial charge in [-0.05, 0) is 60.4 Å². The highest BCUT2D eigenvalue weighted by atomic mass is 19.4. The Bertz CT molecular complexity index is 1140. The number of nitrogens with two attached hydrogens (primary N) is 2. The van der Waals surface area contributed by atoms with Crippen LogP contribution in [0.5, 0.6) is 11.5 Å². The Labute approximate surface area is 198 Å². The van der Waals surface area contributed by atoms with Gasteiger partial charge in [0, 0.05) is 12.1 Å². The van der Waals surface area contributed by atoms with Gasteiger partial charge in [-0.3, -0.25) is 14.6 Å². The van der Waals surface area contributed by atoms with Crippen LogP contribution in [0.2, 0.25) is 0 Å². The van der Waals surface area contributed by atoms with Crippen molar-refractivity contribution < 1.29 is 37.0 Å². The highest BCUT2D eigenvalue weighted by Gasteiger charge is 2.34. The molecule has 4 rings (SSSR count). The molecule has 1 aliphatic heterocycles. The summed E-state index contributed by atoms with van der Waals surface area (Å²) in [5.41, 5.74) is 6.78. The summed E-state index contributed by atoms with van der Waals surface area (Å²) in [4.78, 5) is 23.7. The van der Waals surface area contributed by atoms with Crippen LogP contribution in [0.1, 0.15) is 29.2 Å². The molecule has 35 heavy (non-hydrogen) atoms. The van der Waals surface area contributed by atoms with Crippen LogP contribution in [0.3, 0.4) is 0 Å². The number of fused-ring (bicyclic) bond motifs is 2. The SMILES string of the molecule is N/C(=C\N(N)c1ccc(C(F)(F)F)cc1)C(=O)NC1c2cc3c(cc2CCC1COC=O)OCO3. The van der Waals surface area contributed by atoms with E-state index in [1.807, 2.05) is 6.07 Å². The van der Waals surface area contributed by atoms with E-state index in [1.165, 1.54) is 0 Å². The van der Waals surface area contributed by atoms with Gasteiger partial charge in [-0.2, -0.15) is 13.2 Å². The number of alkyl halides is 3. The molecule has 0 fully saturated rings. The largest absolute Gasteiger partial charge is 0.468 e. The summed E-state index contributed by atoms with van der Waals surface area (Å²) in [5.74, 6) is 6.16. The first kappa shape index (κ1) is 24.2. The number of aryl methyl sites for hydroxylation is 1. The number of carbonyl (C=O) groups is 2. The number of ether oxygens (including phenoxy) is 3. The molecule has 12 heteroatoms. The Morgan fingerprint density at radius 2 is 1.89 bits per heavy atom. The summed E-state index contributed by atoms with van der Waals surface area (Å²) in [6.45, 7) is 0.526. The molecule has 2 atom stereocenters. The summed E-state index contributed by atoms with van der Waals surface area (Å²) in [6.07, 6.45) is -2.06. The second-order valence-corrected chi connectivity index (χ2v) is 8.12. The van der Waals surface area contributed by atoms with Crippen LogP contribution in [0.4, 0.5) is 18.9 Å². The predicted octanol–water partition coefficient (Wildman–Crippen LogP) is 2.51. The van der Waals surface area contributed by atoms with Gasteiger partial charge in [0.1, 0.15) is 5.70 Å². The van der Waals surface area contributed by atoms with E-state index in [-0.39, 0.29) is 30.7 Å². The van der Waals surface area contributed by atoms with Gasteiger partial charge in [-0.15, -0.1) is 0 Å². The Balaban J connectivity index is 1.53. The Morgan fingerprint density at radius 3 is 2.54 bits per heavy atom. The maximum atomic E-state index is 12.9. The van der Waals surface area contributed by atoms with Crippen molar-refractivity contribution in [2.45, 2.75) is 25.1 Å². The van der Waals surface area contributed by atoms with E-state index in [9.17, 15) is 22.8 Å². The fourth-order valence-electron chi connectivity index (χ4n) is 4.14. The molecule has 9 nitrogen and oxygen atoms in total. The van der Waals surface area contributed by atoms with Gasteiger partial charge < -0.3 is 25.3 Å². The molecule has 5 N–H and O–H groups in total. The zero-order chi connectivity index (χ0) is 25.2. The summed E-state index contributed by atoms with van der Waals surface area (Å²) < 4.78 is 54.2. The standard InChI is InChI=1S/C23H23F3N4O5/c24-23(25,26)15-3-5-16(6-4-15)30(28)9-18(27)22(32)29-21-14(10-33-11-31)2-1-13-7-19-20(8-17(13)21)35-12-34-19/h3-9,11,14,21H,1-2,10,12,27-28H2,(H,29,32)/b18-9-. The van der Waals surface area contributed by atoms with Crippen LogP contribution in [-0.4, -0.2) is 25.8 Å². The number of rotatable bonds is 7. The molecule has 1 heterocycles. The highest BCUT2D eigenvalue weighted by Crippen LogP contribution is 2.42. The fraction of sp³-hybridized carbons (Fsp3) is 0.304. The first-order valence-electron chi connectivity index (χ1n) is 10.6. The first-order chi connectivity index (χ1) is 16.7. The monoisotopic (exact) mass is 492 g/mol. The van der Waals surface area contributed by atoms with Crippen molar-refractivity contribution >= 4 is 18.1 Å². The van der Waals surface area contributed by atoms with E-state index in [4.69, 9.17) is 25.8 Å². The van der Waals surface area contributed by atoms with Gasteiger partial charge in [-0.1, -0.05) is 0 Å². The number of benzene rings is 2. The third-order valence-corrected chi connectivity index (χ3v) is 5.92. The minimum atomic E-state index is -4.48. The average molecular weight is 492 g/mol. The molecule has 0 saturated carbocycles. The van der Waals surface area contributed by atoms with E-state index >= 15 is 0 Å². The third kappa shape index (κ3) is 5.27. The maximum Gasteiger partial charge on any atom is 0.416 e. The highest BCUT2D eigenvalue weighted by molar-refractivity contribution is 5.93. The van der Waals surface area contributed by atoms with Crippen LogP contribution in [0.25, 0.3) is 0 Å². The van der Waals surface area contributed by atoms with Crippen LogP contribution in [-0.2, 0) is 26.9 Å². The molecular formula is C23H23F3N4O5. The van der Waals surface area contributed by atoms with Crippen molar-refractivity contribution in [2.24, 2.45) is 17.5 Å². The Hall–Kier alpha value is -3.93. The number of hydrogen-bond donors (Lipinski definition) is 3. The third-order valence-electron chi connectivity index (χ3n) is 5.92. The van der Waals surface area contributed by atoms with Crippen molar-refractivity contribution in [1.29, 1.82) is 0 Å². The van der Waals surface area contributed by atoms with Crippen molar-refractivity contribution in [3.05, 3.63) is 65.0 Å². The Morgan fingerprint density at radius 1 is 1.20 bits per heavy atom. The number of hydrazine groups is 1. The van der Waals surface area contributed by atoms with Gasteiger partial charge in [0.25, 0.3) is 12.4 Å². The predicted molar refractivity (Wildman–Crippen MR) is 118 cm³/mol. The number of hydrogen-bond acceptors (Lipinski definition) is 8. The second-order valence-electron chi connectivity index (χ2n) is 8.12. The normalized spacial score (nSPS) is 19.0. The topological polar surface area (TPSA) is 129 Å².